The highest BCUT2D eigenvalue weighted by Crippen LogP contribution is 2.38. The molecule has 0 aliphatic carbocycles. The van der Waals surface area contributed by atoms with Crippen molar-refractivity contribution in [3.8, 4) is 0 Å². The Kier molecular flexibility index (Phi) is 6.45. The van der Waals surface area contributed by atoms with Crippen LogP contribution in [-0.2, 0) is 22.3 Å². The van der Waals surface area contributed by atoms with Crippen molar-refractivity contribution in [1.29, 1.82) is 0 Å². The number of rotatable bonds is 4. The Morgan fingerprint density at radius 1 is 1.17 bits per heavy atom. The molecule has 0 radical (unpaired) electrons. The molecule has 160 valence electrons. The number of hydrogen-bond donors (Lipinski definition) is 1. The second-order valence-corrected chi connectivity index (χ2v) is 7.81. The van der Waals surface area contributed by atoms with E-state index < -0.39 is 11.7 Å². The van der Waals surface area contributed by atoms with Crippen LogP contribution < -0.4 is 5.32 Å². The van der Waals surface area contributed by atoms with Gasteiger partial charge in [0.25, 0.3) is 0 Å². The van der Waals surface area contributed by atoms with Crippen LogP contribution in [-0.4, -0.2) is 52.3 Å². The molecule has 2 aliphatic heterocycles. The maximum absolute atomic E-state index is 13.6. The molecular weight excluding hydrogens is 385 g/mol. The van der Waals surface area contributed by atoms with Crippen molar-refractivity contribution >= 4 is 11.8 Å². The third-order valence-corrected chi connectivity index (χ3v) is 5.86. The van der Waals surface area contributed by atoms with Gasteiger partial charge in [0, 0.05) is 51.3 Å². The first kappa shape index (κ1) is 21.5. The predicted molar refractivity (Wildman–Crippen MR) is 101 cm³/mol. The van der Waals surface area contributed by atoms with Gasteiger partial charge < -0.3 is 10.2 Å². The zero-order chi connectivity index (χ0) is 21.2. The summed E-state index contributed by atoms with van der Waals surface area (Å²) in [6, 6.07) is 1.23. The minimum atomic E-state index is -4.51. The van der Waals surface area contributed by atoms with Gasteiger partial charge in [-0.3, -0.25) is 19.5 Å². The molecule has 1 aromatic heterocycles. The summed E-state index contributed by atoms with van der Waals surface area (Å²) in [7, 11) is 0. The molecule has 3 heterocycles. The Hall–Kier alpha value is -2.16. The monoisotopic (exact) mass is 412 g/mol. The van der Waals surface area contributed by atoms with Crippen LogP contribution in [0.1, 0.15) is 62.4 Å². The highest BCUT2D eigenvalue weighted by molar-refractivity contribution is 5.73. The maximum Gasteiger partial charge on any atom is 0.416 e. The van der Waals surface area contributed by atoms with Crippen LogP contribution in [0.3, 0.4) is 0 Å². The normalized spacial score (nSPS) is 21.4. The number of nitrogens with zero attached hydrogens (tertiary/aromatic N) is 3. The molecule has 9 heteroatoms. The summed E-state index contributed by atoms with van der Waals surface area (Å²) in [5, 5.41) is 2.42. The third kappa shape index (κ3) is 5.07. The van der Waals surface area contributed by atoms with Gasteiger partial charge in [-0.2, -0.15) is 13.2 Å². The molecule has 29 heavy (non-hydrogen) atoms. The first-order valence-electron chi connectivity index (χ1n) is 9.98. The molecule has 2 saturated heterocycles. The number of likely N-dealkylation sites (tertiary alicyclic amines) is 2. The summed E-state index contributed by atoms with van der Waals surface area (Å²) < 4.78 is 40.9. The van der Waals surface area contributed by atoms with Crippen LogP contribution in [0.4, 0.5) is 13.2 Å². The summed E-state index contributed by atoms with van der Waals surface area (Å²) in [5.74, 6) is -0.325. The van der Waals surface area contributed by atoms with E-state index in [1.807, 2.05) is 4.90 Å². The molecule has 1 N–H and O–H groups in total. The number of aromatic nitrogens is 1. The van der Waals surface area contributed by atoms with E-state index in [1.165, 1.54) is 13.1 Å². The fraction of sp³-hybridized carbons (Fsp3) is 0.650. The highest BCUT2D eigenvalue weighted by atomic mass is 19.4. The first-order valence-corrected chi connectivity index (χ1v) is 9.98. The standard InChI is InChI=1S/C20H27F3N4O2/c1-13(28)24-11-15-12-25-18(10-17(15)20(21,22)23)19-4-3-7-27(19)16-5-8-26(9-6-16)14(2)29/h10,12,16,19H,3-9,11H2,1-2H3,(H,24,28). The largest absolute Gasteiger partial charge is 0.416 e. The summed E-state index contributed by atoms with van der Waals surface area (Å²) >= 11 is 0. The molecule has 3 rings (SSSR count). The van der Waals surface area contributed by atoms with Crippen LogP contribution in [0.25, 0.3) is 0 Å². The van der Waals surface area contributed by atoms with Crippen LogP contribution >= 0.6 is 0 Å². The fourth-order valence-electron chi connectivity index (χ4n) is 4.36. The zero-order valence-corrected chi connectivity index (χ0v) is 16.8. The quantitative estimate of drug-likeness (QED) is 0.826. The van der Waals surface area contributed by atoms with E-state index in [0.29, 0.717) is 18.8 Å². The Balaban J connectivity index is 1.79. The van der Waals surface area contributed by atoms with Crippen LogP contribution in [0.2, 0.25) is 0 Å². The summed E-state index contributed by atoms with van der Waals surface area (Å²) in [6.45, 7) is 4.81. The average molecular weight is 412 g/mol. The lowest BCUT2D eigenvalue weighted by molar-refractivity contribution is -0.138. The van der Waals surface area contributed by atoms with E-state index in [9.17, 15) is 22.8 Å². The number of carbonyl (C=O) groups is 2. The molecule has 1 unspecified atom stereocenters. The van der Waals surface area contributed by atoms with Gasteiger partial charge in [-0.25, -0.2) is 0 Å². The topological polar surface area (TPSA) is 65.5 Å². The van der Waals surface area contributed by atoms with Crippen molar-refractivity contribution in [3.63, 3.8) is 0 Å². The van der Waals surface area contributed by atoms with Gasteiger partial charge >= 0.3 is 6.18 Å². The maximum atomic E-state index is 13.6. The van der Waals surface area contributed by atoms with Crippen molar-refractivity contribution in [3.05, 3.63) is 29.1 Å². The molecular formula is C20H27F3N4O2. The van der Waals surface area contributed by atoms with Crippen LogP contribution in [0.5, 0.6) is 0 Å². The number of amides is 2. The van der Waals surface area contributed by atoms with Gasteiger partial charge in [0.15, 0.2) is 0 Å². The molecule has 1 atom stereocenters. The predicted octanol–water partition coefficient (Wildman–Crippen LogP) is 2.88. The Labute approximate surface area is 168 Å². The van der Waals surface area contributed by atoms with E-state index in [1.54, 1.807) is 6.92 Å². The molecule has 2 fully saturated rings. The number of halogens is 3. The highest BCUT2D eigenvalue weighted by Gasteiger charge is 2.38. The molecule has 0 aromatic carbocycles. The first-order chi connectivity index (χ1) is 13.7. The Morgan fingerprint density at radius 2 is 1.86 bits per heavy atom. The van der Waals surface area contributed by atoms with Crippen LogP contribution in [0.15, 0.2) is 12.3 Å². The summed E-state index contributed by atoms with van der Waals surface area (Å²) in [4.78, 5) is 31.1. The molecule has 0 saturated carbocycles. The van der Waals surface area contributed by atoms with Crippen molar-refractivity contribution in [2.45, 2.75) is 64.3 Å². The average Bonchev–Trinajstić information content (AvgIpc) is 3.15. The van der Waals surface area contributed by atoms with E-state index >= 15 is 0 Å². The van der Waals surface area contributed by atoms with E-state index in [4.69, 9.17) is 0 Å². The van der Waals surface area contributed by atoms with E-state index in [2.05, 4.69) is 15.2 Å². The minimum Gasteiger partial charge on any atom is -0.352 e. The van der Waals surface area contributed by atoms with Gasteiger partial charge in [-0.15, -0.1) is 0 Å². The SMILES string of the molecule is CC(=O)NCc1cnc(C2CCCN2C2CCN(C(C)=O)CC2)cc1C(F)(F)F. The number of hydrogen-bond acceptors (Lipinski definition) is 4. The molecule has 0 spiro atoms. The number of nitrogens with one attached hydrogen (secondary N) is 1. The second-order valence-electron chi connectivity index (χ2n) is 7.81. The number of alkyl halides is 3. The number of piperidine rings is 1. The molecule has 6 nitrogen and oxygen atoms in total. The van der Waals surface area contributed by atoms with E-state index in [-0.39, 0.29) is 36.0 Å². The zero-order valence-electron chi connectivity index (χ0n) is 16.8. The van der Waals surface area contributed by atoms with E-state index in [0.717, 1.165) is 38.3 Å². The molecule has 2 amide bonds. The van der Waals surface area contributed by atoms with Gasteiger partial charge in [0.2, 0.25) is 11.8 Å². The fourth-order valence-corrected chi connectivity index (χ4v) is 4.36. The van der Waals surface area contributed by atoms with Crippen molar-refractivity contribution in [2.75, 3.05) is 19.6 Å². The lowest BCUT2D eigenvalue weighted by Gasteiger charge is -2.39. The third-order valence-electron chi connectivity index (χ3n) is 5.86. The summed E-state index contributed by atoms with van der Waals surface area (Å²) in [6.07, 6.45) is 0.0485. The number of pyridine rings is 1. The molecule has 1 aromatic rings. The second kappa shape index (κ2) is 8.69. The van der Waals surface area contributed by atoms with Gasteiger partial charge in [-0.1, -0.05) is 0 Å². The van der Waals surface area contributed by atoms with Gasteiger partial charge in [-0.05, 0) is 38.3 Å². The lowest BCUT2D eigenvalue weighted by atomic mass is 9.99. The van der Waals surface area contributed by atoms with Gasteiger partial charge in [0.05, 0.1) is 17.3 Å². The smallest absolute Gasteiger partial charge is 0.352 e. The Bertz CT molecular complexity index is 761. The Morgan fingerprint density at radius 3 is 2.45 bits per heavy atom. The summed E-state index contributed by atoms with van der Waals surface area (Å²) in [5.41, 5.74) is -0.347. The lowest BCUT2D eigenvalue weighted by Crippen LogP contribution is -2.46. The minimum absolute atomic E-state index is 0.0317. The number of carbonyl (C=O) groups excluding carboxylic acids is 2. The molecule has 0 bridgehead atoms. The van der Waals surface area contributed by atoms with Crippen molar-refractivity contribution < 1.29 is 22.8 Å². The molecule has 2 aliphatic rings. The van der Waals surface area contributed by atoms with Crippen molar-refractivity contribution in [1.82, 2.24) is 20.1 Å². The van der Waals surface area contributed by atoms with Crippen molar-refractivity contribution in [2.24, 2.45) is 0 Å². The van der Waals surface area contributed by atoms with Crippen LogP contribution in [0, 0.1) is 0 Å². The van der Waals surface area contributed by atoms with Gasteiger partial charge in [0.1, 0.15) is 0 Å².